The number of benzene rings is 1. The highest BCUT2D eigenvalue weighted by Crippen LogP contribution is 2.24. The number of carbonyl (C=O) groups is 3. The van der Waals surface area contributed by atoms with Crippen LogP contribution in [0.25, 0.3) is 0 Å². The second kappa shape index (κ2) is 7.46. The molecule has 1 aliphatic rings. The van der Waals surface area contributed by atoms with Crippen molar-refractivity contribution in [3.63, 3.8) is 0 Å². The first kappa shape index (κ1) is 18.0. The van der Waals surface area contributed by atoms with E-state index in [2.05, 4.69) is 10.2 Å². The van der Waals surface area contributed by atoms with Crippen LogP contribution in [0.1, 0.15) is 17.3 Å². The summed E-state index contributed by atoms with van der Waals surface area (Å²) in [6.45, 7) is 0.771. The number of carboxylic acids is 1. The molecule has 2 rings (SSSR count). The van der Waals surface area contributed by atoms with Gasteiger partial charge in [0.25, 0.3) is 11.8 Å². The van der Waals surface area contributed by atoms with E-state index in [0.29, 0.717) is 5.69 Å². The molecule has 0 saturated carbocycles. The zero-order chi connectivity index (χ0) is 18.6. The molecule has 1 aromatic carbocycles. The Morgan fingerprint density at radius 3 is 2.48 bits per heavy atom. The van der Waals surface area contributed by atoms with E-state index in [1.54, 1.807) is 6.07 Å². The van der Waals surface area contributed by atoms with Crippen molar-refractivity contribution in [2.45, 2.75) is 13.0 Å². The van der Waals surface area contributed by atoms with Gasteiger partial charge in [0.05, 0.1) is 24.4 Å². The van der Waals surface area contributed by atoms with Crippen LogP contribution in [0.15, 0.2) is 45.6 Å². The van der Waals surface area contributed by atoms with E-state index in [-0.39, 0.29) is 23.3 Å². The SMILES string of the molecule is CC1=C(C#N)C(=O)N(CCO)C(=O)C1N=Nc1ccc(C(=O)O)cc1. The summed E-state index contributed by atoms with van der Waals surface area (Å²) in [7, 11) is 0. The van der Waals surface area contributed by atoms with Crippen LogP contribution in [0.2, 0.25) is 0 Å². The number of amides is 2. The number of azo groups is 1. The number of β-amino-alcohol motifs (C(OH)–C–C–N with tert-alkyl or cyclic N) is 1. The second-order valence-electron chi connectivity index (χ2n) is 5.16. The van der Waals surface area contributed by atoms with Gasteiger partial charge in [-0.15, -0.1) is 0 Å². The molecule has 2 N–H and O–H groups in total. The van der Waals surface area contributed by atoms with Crippen molar-refractivity contribution in [1.82, 2.24) is 4.90 Å². The lowest BCUT2D eigenvalue weighted by molar-refractivity contribution is -0.144. The first-order chi connectivity index (χ1) is 11.9. The average Bonchev–Trinajstić information content (AvgIpc) is 2.59. The number of hydrogen-bond acceptors (Lipinski definition) is 7. The molecule has 0 saturated heterocycles. The molecular formula is C16H14N4O5. The minimum Gasteiger partial charge on any atom is -0.478 e. The Kier molecular flexibility index (Phi) is 5.36. The Labute approximate surface area is 142 Å². The number of carbonyl (C=O) groups excluding carboxylic acids is 2. The number of carboxylic acid groups (broad SMARTS) is 1. The van der Waals surface area contributed by atoms with E-state index in [4.69, 9.17) is 15.5 Å². The number of rotatable bonds is 5. The molecule has 25 heavy (non-hydrogen) atoms. The largest absolute Gasteiger partial charge is 0.478 e. The quantitative estimate of drug-likeness (QED) is 0.604. The number of hydrogen-bond donors (Lipinski definition) is 2. The third-order valence-corrected chi connectivity index (χ3v) is 3.60. The molecule has 1 aliphatic heterocycles. The van der Waals surface area contributed by atoms with Crippen molar-refractivity contribution in [3.8, 4) is 6.07 Å². The molecule has 1 atom stereocenters. The molecule has 1 unspecified atom stereocenters. The van der Waals surface area contributed by atoms with E-state index in [1.165, 1.54) is 31.2 Å². The number of aromatic carboxylic acids is 1. The highest BCUT2D eigenvalue weighted by molar-refractivity contribution is 6.12. The molecule has 1 aromatic rings. The van der Waals surface area contributed by atoms with Gasteiger partial charge in [0.1, 0.15) is 11.6 Å². The van der Waals surface area contributed by atoms with Gasteiger partial charge < -0.3 is 10.2 Å². The average molecular weight is 342 g/mol. The third-order valence-electron chi connectivity index (χ3n) is 3.60. The predicted octanol–water partition coefficient (Wildman–Crippen LogP) is 1.04. The normalized spacial score (nSPS) is 18.0. The van der Waals surface area contributed by atoms with Crippen LogP contribution in [0.5, 0.6) is 0 Å². The Morgan fingerprint density at radius 2 is 1.96 bits per heavy atom. The lowest BCUT2D eigenvalue weighted by atomic mass is 9.97. The molecule has 1 heterocycles. The van der Waals surface area contributed by atoms with Gasteiger partial charge in [0.15, 0.2) is 6.04 Å². The summed E-state index contributed by atoms with van der Waals surface area (Å²) in [5.41, 5.74) is 0.362. The van der Waals surface area contributed by atoms with Gasteiger partial charge in [0, 0.05) is 0 Å². The van der Waals surface area contributed by atoms with Crippen molar-refractivity contribution < 1.29 is 24.6 Å². The van der Waals surface area contributed by atoms with Gasteiger partial charge in [0.2, 0.25) is 0 Å². The van der Waals surface area contributed by atoms with Crippen LogP contribution in [0, 0.1) is 11.3 Å². The molecular weight excluding hydrogens is 328 g/mol. The van der Waals surface area contributed by atoms with Crippen LogP contribution >= 0.6 is 0 Å². The number of aliphatic hydroxyl groups is 1. The number of nitriles is 1. The Morgan fingerprint density at radius 1 is 1.32 bits per heavy atom. The standard InChI is InChI=1S/C16H14N4O5/c1-9-12(8-17)14(22)20(6-7-21)15(23)13(9)19-18-11-4-2-10(3-5-11)16(24)25/h2-5,13,21H,6-7H2,1H3,(H,24,25). The molecule has 0 radical (unpaired) electrons. The molecule has 9 heteroatoms. The van der Waals surface area contributed by atoms with E-state index in [1.807, 2.05) is 0 Å². The van der Waals surface area contributed by atoms with E-state index < -0.39 is 30.4 Å². The Hall–Kier alpha value is -3.38. The Bertz CT molecular complexity index is 820. The summed E-state index contributed by atoms with van der Waals surface area (Å²) >= 11 is 0. The molecule has 128 valence electrons. The molecule has 2 amide bonds. The fourth-order valence-electron chi connectivity index (χ4n) is 2.25. The van der Waals surface area contributed by atoms with Crippen molar-refractivity contribution in [2.24, 2.45) is 10.2 Å². The lowest BCUT2D eigenvalue weighted by Gasteiger charge is -2.28. The van der Waals surface area contributed by atoms with Gasteiger partial charge in [-0.2, -0.15) is 15.5 Å². The monoisotopic (exact) mass is 342 g/mol. The van der Waals surface area contributed by atoms with E-state index in [0.717, 1.165) is 4.90 Å². The maximum absolute atomic E-state index is 12.4. The summed E-state index contributed by atoms with van der Waals surface area (Å²) in [4.78, 5) is 36.0. The second-order valence-corrected chi connectivity index (χ2v) is 5.16. The number of nitrogens with zero attached hydrogens (tertiary/aromatic N) is 4. The molecule has 0 bridgehead atoms. The third kappa shape index (κ3) is 3.59. The van der Waals surface area contributed by atoms with Crippen molar-refractivity contribution in [3.05, 3.63) is 41.0 Å². The van der Waals surface area contributed by atoms with E-state index in [9.17, 15) is 14.4 Å². The molecule has 9 nitrogen and oxygen atoms in total. The smallest absolute Gasteiger partial charge is 0.335 e. The van der Waals surface area contributed by atoms with Gasteiger partial charge >= 0.3 is 5.97 Å². The first-order valence-corrected chi connectivity index (χ1v) is 7.22. The van der Waals surface area contributed by atoms with Gasteiger partial charge in [-0.05, 0) is 36.8 Å². The Balaban J connectivity index is 2.34. The highest BCUT2D eigenvalue weighted by Gasteiger charge is 2.39. The summed E-state index contributed by atoms with van der Waals surface area (Å²) in [5.74, 6) is -2.53. The van der Waals surface area contributed by atoms with Gasteiger partial charge in [-0.25, -0.2) is 4.79 Å². The van der Waals surface area contributed by atoms with Crippen LogP contribution in [-0.2, 0) is 9.59 Å². The first-order valence-electron chi connectivity index (χ1n) is 7.22. The maximum atomic E-state index is 12.4. The highest BCUT2D eigenvalue weighted by atomic mass is 16.4. The minimum atomic E-state index is -1.15. The summed E-state index contributed by atoms with van der Waals surface area (Å²) in [5, 5.41) is 34.8. The van der Waals surface area contributed by atoms with Crippen molar-refractivity contribution in [2.75, 3.05) is 13.2 Å². The minimum absolute atomic E-state index is 0.0789. The molecule has 0 aromatic heterocycles. The fraction of sp³-hybridized carbons (Fsp3) is 0.250. The fourth-order valence-corrected chi connectivity index (χ4v) is 2.25. The topological polar surface area (TPSA) is 143 Å². The molecule has 0 aliphatic carbocycles. The van der Waals surface area contributed by atoms with Gasteiger partial charge in [-0.3, -0.25) is 14.5 Å². The van der Waals surface area contributed by atoms with Crippen molar-refractivity contribution in [1.29, 1.82) is 5.26 Å². The predicted molar refractivity (Wildman–Crippen MR) is 83.8 cm³/mol. The zero-order valence-electron chi connectivity index (χ0n) is 13.2. The van der Waals surface area contributed by atoms with Crippen LogP contribution in [-0.4, -0.2) is 52.1 Å². The molecule has 0 fully saturated rings. The molecule has 0 spiro atoms. The maximum Gasteiger partial charge on any atom is 0.335 e. The van der Waals surface area contributed by atoms with Crippen molar-refractivity contribution >= 4 is 23.5 Å². The van der Waals surface area contributed by atoms with Crippen LogP contribution in [0.3, 0.4) is 0 Å². The lowest BCUT2D eigenvalue weighted by Crippen LogP contribution is -2.49. The van der Waals surface area contributed by atoms with E-state index >= 15 is 0 Å². The summed E-state index contributed by atoms with van der Waals surface area (Å²) in [6, 6.07) is 6.10. The summed E-state index contributed by atoms with van der Waals surface area (Å²) < 4.78 is 0. The van der Waals surface area contributed by atoms with Gasteiger partial charge in [-0.1, -0.05) is 0 Å². The van der Waals surface area contributed by atoms with Crippen LogP contribution < -0.4 is 0 Å². The number of imide groups is 1. The zero-order valence-corrected chi connectivity index (χ0v) is 13.2. The van der Waals surface area contributed by atoms with Crippen LogP contribution in [0.4, 0.5) is 5.69 Å². The number of aliphatic hydroxyl groups excluding tert-OH is 1. The summed E-state index contributed by atoms with van der Waals surface area (Å²) in [6.07, 6.45) is 0.